The lowest BCUT2D eigenvalue weighted by Crippen LogP contribution is -2.38. The molecule has 4 heteroatoms. The number of aromatic nitrogens is 1. The highest BCUT2D eigenvalue weighted by atomic mass is 16.5. The van der Waals surface area contributed by atoms with Gasteiger partial charge in [0.05, 0.1) is 13.2 Å². The van der Waals surface area contributed by atoms with Crippen molar-refractivity contribution in [3.05, 3.63) is 24.0 Å². The third kappa shape index (κ3) is 3.41. The Balaban J connectivity index is 1.82. The zero-order valence-electron chi connectivity index (χ0n) is 10.4. The molecule has 4 nitrogen and oxygen atoms in total. The van der Waals surface area contributed by atoms with Gasteiger partial charge in [0.2, 0.25) is 0 Å². The summed E-state index contributed by atoms with van der Waals surface area (Å²) in [4.78, 5) is 13.9. The smallest absolute Gasteiger partial charge is 0.164 e. The molecule has 0 bridgehead atoms. The zero-order chi connectivity index (χ0) is 12.1. The Bertz CT molecular complexity index is 367. The quantitative estimate of drug-likeness (QED) is 0.725. The minimum absolute atomic E-state index is 0.218. The summed E-state index contributed by atoms with van der Waals surface area (Å²) in [6.45, 7) is 7.57. The van der Waals surface area contributed by atoms with Crippen LogP contribution in [-0.4, -0.2) is 48.1 Å². The maximum absolute atomic E-state index is 11.5. The van der Waals surface area contributed by atoms with Gasteiger partial charge in [-0.3, -0.25) is 9.69 Å². The Kier molecular flexibility index (Phi) is 4.34. The van der Waals surface area contributed by atoms with Crippen LogP contribution in [0.4, 0.5) is 0 Å². The Morgan fingerprint density at radius 1 is 1.35 bits per heavy atom. The number of Topliss-reactive ketones (excluding diaryl/α,β-unsaturated/α-hetero) is 1. The molecule has 0 amide bonds. The Hall–Kier alpha value is -1.13. The molecule has 0 spiro atoms. The minimum Gasteiger partial charge on any atom is -0.379 e. The third-order valence-corrected chi connectivity index (χ3v) is 3.17. The van der Waals surface area contributed by atoms with Crippen molar-refractivity contribution >= 4 is 5.78 Å². The monoisotopic (exact) mass is 236 g/mol. The maximum atomic E-state index is 11.5. The Morgan fingerprint density at radius 2 is 2.12 bits per heavy atom. The summed E-state index contributed by atoms with van der Waals surface area (Å²) in [6.07, 6.45) is 4.52. The van der Waals surface area contributed by atoms with Gasteiger partial charge in [-0.1, -0.05) is 6.92 Å². The van der Waals surface area contributed by atoms with Crippen LogP contribution >= 0.6 is 0 Å². The van der Waals surface area contributed by atoms with Crippen LogP contribution < -0.4 is 0 Å². The first-order valence-corrected chi connectivity index (χ1v) is 6.28. The van der Waals surface area contributed by atoms with Crippen molar-refractivity contribution < 1.29 is 9.53 Å². The number of ketones is 1. The predicted molar refractivity (Wildman–Crippen MR) is 66.3 cm³/mol. The average molecular weight is 236 g/mol. The second kappa shape index (κ2) is 5.98. The number of rotatable bonds is 5. The molecule has 0 atom stereocenters. The van der Waals surface area contributed by atoms with Gasteiger partial charge in [-0.2, -0.15) is 0 Å². The van der Waals surface area contributed by atoms with Crippen molar-refractivity contribution in [3.8, 4) is 0 Å². The molecule has 2 heterocycles. The molecule has 0 N–H and O–H groups in total. The largest absolute Gasteiger partial charge is 0.379 e. The standard InChI is InChI=1S/C13H20N2O2/c1-2-13(16)12-3-4-15(11-12)6-5-14-7-9-17-10-8-14/h3-4,11H,2,5-10H2,1H3. The van der Waals surface area contributed by atoms with Crippen molar-refractivity contribution in [2.45, 2.75) is 19.9 Å². The van der Waals surface area contributed by atoms with Crippen LogP contribution in [0.2, 0.25) is 0 Å². The number of carbonyl (C=O) groups is 1. The zero-order valence-corrected chi connectivity index (χ0v) is 10.4. The molecule has 0 aliphatic carbocycles. The fraction of sp³-hybridized carbons (Fsp3) is 0.615. The molecule has 1 aromatic rings. The van der Waals surface area contributed by atoms with E-state index in [0.717, 1.165) is 45.0 Å². The minimum atomic E-state index is 0.218. The summed E-state index contributed by atoms with van der Waals surface area (Å²) in [7, 11) is 0. The molecule has 2 rings (SSSR count). The number of hydrogen-bond donors (Lipinski definition) is 0. The van der Waals surface area contributed by atoms with Crippen LogP contribution in [0.3, 0.4) is 0 Å². The predicted octanol–water partition coefficient (Wildman–Crippen LogP) is 1.41. The summed E-state index contributed by atoms with van der Waals surface area (Å²) in [6, 6.07) is 1.91. The van der Waals surface area contributed by atoms with Crippen molar-refractivity contribution in [1.29, 1.82) is 0 Å². The molecule has 0 aromatic carbocycles. The van der Waals surface area contributed by atoms with Crippen LogP contribution in [0, 0.1) is 0 Å². The van der Waals surface area contributed by atoms with Crippen LogP contribution in [0.25, 0.3) is 0 Å². The molecule has 0 radical (unpaired) electrons. The van der Waals surface area contributed by atoms with Gasteiger partial charge in [0.15, 0.2) is 5.78 Å². The van der Waals surface area contributed by atoms with Gasteiger partial charge in [-0.15, -0.1) is 0 Å². The van der Waals surface area contributed by atoms with E-state index in [9.17, 15) is 4.79 Å². The summed E-state index contributed by atoms with van der Waals surface area (Å²) >= 11 is 0. The highest BCUT2D eigenvalue weighted by molar-refractivity contribution is 5.95. The van der Waals surface area contributed by atoms with Crippen molar-refractivity contribution in [2.24, 2.45) is 0 Å². The van der Waals surface area contributed by atoms with E-state index < -0.39 is 0 Å². The number of nitrogens with zero attached hydrogens (tertiary/aromatic N) is 2. The maximum Gasteiger partial charge on any atom is 0.164 e. The summed E-state index contributed by atoms with van der Waals surface area (Å²) in [5.41, 5.74) is 0.828. The average Bonchev–Trinajstić information content (AvgIpc) is 2.85. The second-order valence-electron chi connectivity index (χ2n) is 4.37. The van der Waals surface area contributed by atoms with E-state index in [0.29, 0.717) is 6.42 Å². The van der Waals surface area contributed by atoms with Gasteiger partial charge < -0.3 is 9.30 Å². The molecule has 17 heavy (non-hydrogen) atoms. The van der Waals surface area contributed by atoms with Gasteiger partial charge >= 0.3 is 0 Å². The first-order valence-electron chi connectivity index (χ1n) is 6.28. The van der Waals surface area contributed by atoms with Crippen molar-refractivity contribution in [3.63, 3.8) is 0 Å². The SMILES string of the molecule is CCC(=O)c1ccn(CCN2CCOCC2)c1. The summed E-state index contributed by atoms with van der Waals surface area (Å²) in [5.74, 6) is 0.218. The molecule has 94 valence electrons. The van der Waals surface area contributed by atoms with Crippen molar-refractivity contribution in [2.75, 3.05) is 32.8 Å². The van der Waals surface area contributed by atoms with Gasteiger partial charge in [-0.05, 0) is 6.07 Å². The molecule has 1 fully saturated rings. The third-order valence-electron chi connectivity index (χ3n) is 3.17. The Labute approximate surface area is 102 Å². The van der Waals surface area contributed by atoms with Crippen LogP contribution in [-0.2, 0) is 11.3 Å². The summed E-state index contributed by atoms with van der Waals surface area (Å²) in [5, 5.41) is 0. The topological polar surface area (TPSA) is 34.5 Å². The van der Waals surface area contributed by atoms with Crippen LogP contribution in [0.15, 0.2) is 18.5 Å². The molecule has 0 unspecified atom stereocenters. The molecular weight excluding hydrogens is 216 g/mol. The number of carbonyl (C=O) groups excluding carboxylic acids is 1. The second-order valence-corrected chi connectivity index (χ2v) is 4.37. The van der Waals surface area contributed by atoms with E-state index in [1.807, 2.05) is 25.4 Å². The number of morpholine rings is 1. The van der Waals surface area contributed by atoms with E-state index in [1.165, 1.54) is 0 Å². The number of ether oxygens (including phenoxy) is 1. The van der Waals surface area contributed by atoms with E-state index in [2.05, 4.69) is 9.47 Å². The van der Waals surface area contributed by atoms with Gasteiger partial charge in [0.1, 0.15) is 0 Å². The lowest BCUT2D eigenvalue weighted by Gasteiger charge is -2.26. The molecule has 1 saturated heterocycles. The van der Waals surface area contributed by atoms with Crippen molar-refractivity contribution in [1.82, 2.24) is 9.47 Å². The lowest BCUT2D eigenvalue weighted by molar-refractivity contribution is 0.0364. The lowest BCUT2D eigenvalue weighted by atomic mass is 10.2. The summed E-state index contributed by atoms with van der Waals surface area (Å²) < 4.78 is 7.40. The normalized spacial score (nSPS) is 17.2. The first-order chi connectivity index (χ1) is 8.29. The first kappa shape index (κ1) is 12.3. The molecule has 0 saturated carbocycles. The van der Waals surface area contributed by atoms with E-state index in [1.54, 1.807) is 0 Å². The van der Waals surface area contributed by atoms with E-state index in [-0.39, 0.29) is 5.78 Å². The highest BCUT2D eigenvalue weighted by Gasteiger charge is 2.10. The van der Waals surface area contributed by atoms with Gasteiger partial charge in [0.25, 0.3) is 0 Å². The van der Waals surface area contributed by atoms with Crippen LogP contribution in [0.5, 0.6) is 0 Å². The molecule has 1 aliphatic heterocycles. The van der Waals surface area contributed by atoms with Gasteiger partial charge in [0, 0.05) is 50.6 Å². The van der Waals surface area contributed by atoms with Gasteiger partial charge in [-0.25, -0.2) is 0 Å². The number of hydrogen-bond acceptors (Lipinski definition) is 3. The molecule has 1 aliphatic rings. The fourth-order valence-electron chi connectivity index (χ4n) is 2.03. The van der Waals surface area contributed by atoms with Crippen LogP contribution in [0.1, 0.15) is 23.7 Å². The van der Waals surface area contributed by atoms with E-state index >= 15 is 0 Å². The Morgan fingerprint density at radius 3 is 2.82 bits per heavy atom. The molecular formula is C13H20N2O2. The molecule has 1 aromatic heterocycles. The fourth-order valence-corrected chi connectivity index (χ4v) is 2.03. The highest BCUT2D eigenvalue weighted by Crippen LogP contribution is 2.05. The van der Waals surface area contributed by atoms with E-state index in [4.69, 9.17) is 4.74 Å².